The molecule has 4 nitrogen and oxygen atoms in total. The van der Waals surface area contributed by atoms with E-state index in [1.165, 1.54) is 0 Å². The molecule has 104 valence electrons. The van der Waals surface area contributed by atoms with Crippen LogP contribution in [0.5, 0.6) is 0 Å². The van der Waals surface area contributed by atoms with E-state index in [1.54, 1.807) is 18.3 Å². The Kier molecular flexibility index (Phi) is 3.66. The van der Waals surface area contributed by atoms with E-state index >= 15 is 0 Å². The third kappa shape index (κ3) is 2.78. The number of aryl methyl sites for hydroxylation is 1. The van der Waals surface area contributed by atoms with Crippen LogP contribution in [0.1, 0.15) is 16.1 Å². The van der Waals surface area contributed by atoms with Crippen LogP contribution in [0.2, 0.25) is 0 Å². The molecule has 1 N–H and O–H groups in total. The topological polar surface area (TPSA) is 54.9 Å². The van der Waals surface area contributed by atoms with Gasteiger partial charge in [-0.2, -0.15) is 0 Å². The largest absolute Gasteiger partial charge is 0.306 e. The van der Waals surface area contributed by atoms with Gasteiger partial charge in [-0.1, -0.05) is 18.2 Å². The average Bonchev–Trinajstić information content (AvgIpc) is 2.50. The van der Waals surface area contributed by atoms with Crippen LogP contribution in [0.3, 0.4) is 0 Å². The lowest BCUT2D eigenvalue weighted by Crippen LogP contribution is -2.14. The number of anilines is 1. The molecule has 21 heavy (non-hydrogen) atoms. The second-order valence-corrected chi connectivity index (χ2v) is 5.45. The van der Waals surface area contributed by atoms with Crippen molar-refractivity contribution in [1.82, 2.24) is 9.97 Å². The molecule has 0 atom stereocenters. The Hall–Kier alpha value is -2.27. The molecule has 0 aliphatic carbocycles. The van der Waals surface area contributed by atoms with E-state index in [4.69, 9.17) is 0 Å². The smallest absolute Gasteiger partial charge is 0.259 e. The van der Waals surface area contributed by atoms with Gasteiger partial charge in [-0.05, 0) is 47.1 Å². The van der Waals surface area contributed by atoms with Gasteiger partial charge in [-0.3, -0.25) is 9.78 Å². The summed E-state index contributed by atoms with van der Waals surface area (Å²) in [5, 5.41) is 3.74. The Bertz CT molecular complexity index is 827. The summed E-state index contributed by atoms with van der Waals surface area (Å²) < 4.78 is 0.910. The van der Waals surface area contributed by atoms with Gasteiger partial charge in [0.1, 0.15) is 5.82 Å². The van der Waals surface area contributed by atoms with Crippen molar-refractivity contribution < 1.29 is 4.79 Å². The molecular weight excluding hydrogens is 330 g/mol. The van der Waals surface area contributed by atoms with Crippen LogP contribution in [0.4, 0.5) is 5.82 Å². The zero-order chi connectivity index (χ0) is 14.8. The molecule has 0 saturated heterocycles. The highest BCUT2D eigenvalue weighted by Crippen LogP contribution is 2.19. The second kappa shape index (κ2) is 5.61. The Morgan fingerprint density at radius 2 is 1.95 bits per heavy atom. The van der Waals surface area contributed by atoms with Gasteiger partial charge >= 0.3 is 0 Å². The quantitative estimate of drug-likeness (QED) is 0.767. The summed E-state index contributed by atoms with van der Waals surface area (Å²) in [6, 6.07) is 12.9. The molecule has 0 spiro atoms. The number of fused-ring (bicyclic) bond motifs is 1. The van der Waals surface area contributed by atoms with Crippen molar-refractivity contribution in [1.29, 1.82) is 0 Å². The Labute approximate surface area is 130 Å². The van der Waals surface area contributed by atoms with Gasteiger partial charge in [0, 0.05) is 16.1 Å². The van der Waals surface area contributed by atoms with Crippen molar-refractivity contribution in [2.75, 3.05) is 5.32 Å². The minimum Gasteiger partial charge on any atom is -0.306 e. The molecule has 0 aliphatic rings. The fourth-order valence-corrected chi connectivity index (χ4v) is 2.31. The number of amides is 1. The summed E-state index contributed by atoms with van der Waals surface area (Å²) in [4.78, 5) is 21.0. The van der Waals surface area contributed by atoms with Crippen LogP contribution < -0.4 is 5.32 Å². The van der Waals surface area contributed by atoms with Gasteiger partial charge in [0.25, 0.3) is 5.91 Å². The van der Waals surface area contributed by atoms with Crippen LogP contribution in [-0.4, -0.2) is 15.9 Å². The van der Waals surface area contributed by atoms with Gasteiger partial charge in [0.05, 0.1) is 16.8 Å². The van der Waals surface area contributed by atoms with Crippen molar-refractivity contribution in [3.63, 3.8) is 0 Å². The summed E-state index contributed by atoms with van der Waals surface area (Å²) in [5.41, 5.74) is 2.05. The molecule has 0 radical (unpaired) electrons. The van der Waals surface area contributed by atoms with Gasteiger partial charge in [0.2, 0.25) is 0 Å². The number of rotatable bonds is 2. The van der Waals surface area contributed by atoms with Crippen LogP contribution in [0.25, 0.3) is 10.9 Å². The minimum absolute atomic E-state index is 0.214. The number of aromatic nitrogens is 2. The first-order valence-electron chi connectivity index (χ1n) is 6.43. The van der Waals surface area contributed by atoms with E-state index in [1.807, 2.05) is 37.3 Å². The molecule has 0 aliphatic heterocycles. The summed E-state index contributed by atoms with van der Waals surface area (Å²) >= 11 is 3.39. The number of para-hydroxylation sites is 1. The molecule has 0 unspecified atom stereocenters. The predicted octanol–water partition coefficient (Wildman–Crippen LogP) is 3.95. The number of carbonyl (C=O) groups excluding carboxylic acids is 1. The van der Waals surface area contributed by atoms with Gasteiger partial charge < -0.3 is 5.32 Å². The maximum absolute atomic E-state index is 12.4. The zero-order valence-electron chi connectivity index (χ0n) is 11.3. The van der Waals surface area contributed by atoms with Crippen molar-refractivity contribution in [3.8, 4) is 0 Å². The SMILES string of the molecule is Cc1nc(NC(=O)c2cccc3cccnc23)ccc1Br. The first-order chi connectivity index (χ1) is 10.1. The Morgan fingerprint density at radius 3 is 2.76 bits per heavy atom. The molecule has 0 fully saturated rings. The second-order valence-electron chi connectivity index (χ2n) is 4.60. The lowest BCUT2D eigenvalue weighted by Gasteiger charge is -2.08. The number of benzene rings is 1. The number of halogens is 1. The number of hydrogen-bond acceptors (Lipinski definition) is 3. The van der Waals surface area contributed by atoms with Crippen LogP contribution >= 0.6 is 15.9 Å². The number of carbonyl (C=O) groups is 1. The summed E-state index contributed by atoms with van der Waals surface area (Å²) in [6.45, 7) is 1.87. The van der Waals surface area contributed by atoms with E-state index in [0.29, 0.717) is 16.9 Å². The van der Waals surface area contributed by atoms with Crippen molar-refractivity contribution >= 4 is 38.6 Å². The lowest BCUT2D eigenvalue weighted by atomic mass is 10.1. The average molecular weight is 342 g/mol. The first kappa shape index (κ1) is 13.7. The number of pyridine rings is 2. The van der Waals surface area contributed by atoms with Gasteiger partial charge in [-0.15, -0.1) is 0 Å². The third-order valence-electron chi connectivity index (χ3n) is 3.14. The Balaban J connectivity index is 1.95. The van der Waals surface area contributed by atoms with Crippen LogP contribution in [0, 0.1) is 6.92 Å². The summed E-state index contributed by atoms with van der Waals surface area (Å²) in [7, 11) is 0. The van der Waals surface area contributed by atoms with Crippen molar-refractivity contribution in [2.24, 2.45) is 0 Å². The normalized spacial score (nSPS) is 10.6. The number of nitrogens with one attached hydrogen (secondary N) is 1. The number of nitrogens with zero attached hydrogens (tertiary/aromatic N) is 2. The molecule has 2 aromatic heterocycles. The van der Waals surface area contributed by atoms with E-state index in [-0.39, 0.29) is 5.91 Å². The summed E-state index contributed by atoms with van der Waals surface area (Å²) in [5.74, 6) is 0.308. The fraction of sp³-hybridized carbons (Fsp3) is 0.0625. The van der Waals surface area contributed by atoms with Crippen molar-refractivity contribution in [2.45, 2.75) is 6.92 Å². The highest BCUT2D eigenvalue weighted by atomic mass is 79.9. The monoisotopic (exact) mass is 341 g/mol. The van der Waals surface area contributed by atoms with Crippen molar-refractivity contribution in [3.05, 3.63) is 64.4 Å². The van der Waals surface area contributed by atoms with E-state index in [0.717, 1.165) is 15.6 Å². The number of hydrogen-bond donors (Lipinski definition) is 1. The van der Waals surface area contributed by atoms with Gasteiger partial charge in [-0.25, -0.2) is 4.98 Å². The third-order valence-corrected chi connectivity index (χ3v) is 3.98. The van der Waals surface area contributed by atoms with Crippen LogP contribution in [0.15, 0.2) is 53.1 Å². The lowest BCUT2D eigenvalue weighted by molar-refractivity contribution is 0.102. The maximum atomic E-state index is 12.4. The molecule has 0 bridgehead atoms. The highest BCUT2D eigenvalue weighted by molar-refractivity contribution is 9.10. The minimum atomic E-state index is -0.214. The molecule has 3 aromatic rings. The van der Waals surface area contributed by atoms with E-state index < -0.39 is 0 Å². The van der Waals surface area contributed by atoms with Gasteiger partial charge in [0.15, 0.2) is 0 Å². The molecule has 1 aromatic carbocycles. The Morgan fingerprint density at radius 1 is 1.14 bits per heavy atom. The van der Waals surface area contributed by atoms with E-state index in [9.17, 15) is 4.79 Å². The summed E-state index contributed by atoms with van der Waals surface area (Å²) in [6.07, 6.45) is 1.68. The molecule has 1 amide bonds. The van der Waals surface area contributed by atoms with Crippen LogP contribution in [-0.2, 0) is 0 Å². The highest BCUT2D eigenvalue weighted by Gasteiger charge is 2.11. The fourth-order valence-electron chi connectivity index (χ4n) is 2.08. The molecule has 5 heteroatoms. The van der Waals surface area contributed by atoms with E-state index in [2.05, 4.69) is 31.2 Å². The first-order valence-corrected chi connectivity index (χ1v) is 7.23. The predicted molar refractivity (Wildman–Crippen MR) is 86.4 cm³/mol. The standard InChI is InChI=1S/C16H12BrN3O/c1-10-13(17)7-8-14(19-10)20-16(21)12-6-2-4-11-5-3-9-18-15(11)12/h2-9H,1H3,(H,19,20,21). The zero-order valence-corrected chi connectivity index (χ0v) is 12.9. The molecule has 3 rings (SSSR count). The molecular formula is C16H12BrN3O. The molecule has 0 saturated carbocycles. The maximum Gasteiger partial charge on any atom is 0.259 e. The molecule has 2 heterocycles.